The Morgan fingerprint density at radius 3 is 2.27 bits per heavy atom. The van der Waals surface area contributed by atoms with Crippen LogP contribution in [0.4, 0.5) is 4.79 Å². The SMILES string of the molecule is C[Si](C)(C)CCOC(=O)N[C@@H](CCC(=O)OCc1ccccc1)C(=O)ON1C(=O)CCC1=O. The predicted octanol–water partition coefficient (Wildman–Crippen LogP) is 2.55. The number of hydrogen-bond donors (Lipinski definition) is 1. The molecule has 1 aliphatic heterocycles. The third kappa shape index (κ3) is 9.44. The van der Waals surface area contributed by atoms with Gasteiger partial charge in [0, 0.05) is 27.3 Å². The first kappa shape index (κ1) is 26.0. The number of carbonyl (C=O) groups excluding carboxylic acids is 5. The summed E-state index contributed by atoms with van der Waals surface area (Å²) in [5, 5.41) is 2.75. The number of ether oxygens (including phenoxy) is 2. The zero-order valence-corrected chi connectivity index (χ0v) is 20.1. The Hall–Kier alpha value is -3.21. The van der Waals surface area contributed by atoms with Crippen molar-refractivity contribution in [2.45, 2.75) is 64.0 Å². The van der Waals surface area contributed by atoms with Crippen LogP contribution >= 0.6 is 0 Å². The summed E-state index contributed by atoms with van der Waals surface area (Å²) in [5.74, 6) is -2.92. The van der Waals surface area contributed by atoms with Crippen molar-refractivity contribution in [3.63, 3.8) is 0 Å². The van der Waals surface area contributed by atoms with Gasteiger partial charge in [-0.05, 0) is 18.0 Å². The lowest BCUT2D eigenvalue weighted by molar-refractivity contribution is -0.199. The summed E-state index contributed by atoms with van der Waals surface area (Å²) >= 11 is 0. The largest absolute Gasteiger partial charge is 0.461 e. The molecule has 0 saturated carbocycles. The summed E-state index contributed by atoms with van der Waals surface area (Å²) in [4.78, 5) is 65.2. The molecule has 1 atom stereocenters. The van der Waals surface area contributed by atoms with Crippen molar-refractivity contribution in [1.29, 1.82) is 0 Å². The topological polar surface area (TPSA) is 128 Å². The Balaban J connectivity index is 1.92. The fraction of sp³-hybridized carbons (Fsp3) is 0.500. The summed E-state index contributed by atoms with van der Waals surface area (Å²) in [5.41, 5.74) is 0.803. The monoisotopic (exact) mass is 478 g/mol. The maximum Gasteiger partial charge on any atom is 0.407 e. The fourth-order valence-corrected chi connectivity index (χ4v) is 3.48. The van der Waals surface area contributed by atoms with E-state index >= 15 is 0 Å². The third-order valence-electron chi connectivity index (χ3n) is 4.73. The van der Waals surface area contributed by atoms with Crippen molar-refractivity contribution in [1.82, 2.24) is 10.4 Å². The maximum absolute atomic E-state index is 12.6. The summed E-state index contributed by atoms with van der Waals surface area (Å²) in [7, 11) is -1.43. The number of carbonyl (C=O) groups is 5. The van der Waals surface area contributed by atoms with E-state index in [9.17, 15) is 24.0 Å². The van der Waals surface area contributed by atoms with Crippen LogP contribution < -0.4 is 5.32 Å². The van der Waals surface area contributed by atoms with Crippen LogP contribution in [-0.4, -0.2) is 55.6 Å². The first-order valence-corrected chi connectivity index (χ1v) is 14.5. The Morgan fingerprint density at radius 2 is 1.67 bits per heavy atom. The number of hydroxylamine groups is 2. The molecule has 0 unspecified atom stereocenters. The first-order valence-electron chi connectivity index (χ1n) is 10.8. The molecule has 1 saturated heterocycles. The molecule has 1 N–H and O–H groups in total. The molecular weight excluding hydrogens is 448 g/mol. The van der Waals surface area contributed by atoms with E-state index in [-0.39, 0.29) is 38.9 Å². The molecule has 1 heterocycles. The number of alkyl carbamates (subject to hydrolysis) is 1. The van der Waals surface area contributed by atoms with Gasteiger partial charge in [-0.25, -0.2) is 9.59 Å². The molecule has 3 amide bonds. The molecule has 10 nitrogen and oxygen atoms in total. The van der Waals surface area contributed by atoms with Crippen LogP contribution in [0.15, 0.2) is 30.3 Å². The molecule has 0 radical (unpaired) electrons. The lowest BCUT2D eigenvalue weighted by atomic mass is 10.1. The molecule has 1 aromatic rings. The van der Waals surface area contributed by atoms with E-state index in [1.807, 2.05) is 18.2 Å². The number of esters is 1. The van der Waals surface area contributed by atoms with Gasteiger partial charge in [-0.15, -0.1) is 5.06 Å². The average molecular weight is 479 g/mol. The average Bonchev–Trinajstić information content (AvgIpc) is 3.07. The van der Waals surface area contributed by atoms with Crippen LogP contribution in [0.5, 0.6) is 0 Å². The minimum atomic E-state index is -1.43. The van der Waals surface area contributed by atoms with E-state index in [4.69, 9.17) is 14.3 Å². The number of rotatable bonds is 11. The molecule has 1 aliphatic rings. The highest BCUT2D eigenvalue weighted by molar-refractivity contribution is 6.76. The number of nitrogens with zero attached hydrogens (tertiary/aromatic N) is 1. The molecule has 0 aliphatic carbocycles. The van der Waals surface area contributed by atoms with Gasteiger partial charge in [0.1, 0.15) is 12.6 Å². The van der Waals surface area contributed by atoms with Gasteiger partial charge in [-0.3, -0.25) is 14.4 Å². The molecule has 2 rings (SSSR count). The first-order chi connectivity index (χ1) is 15.5. The molecule has 11 heteroatoms. The summed E-state index contributed by atoms with van der Waals surface area (Å²) in [6.45, 7) is 6.63. The van der Waals surface area contributed by atoms with Crippen molar-refractivity contribution in [2.75, 3.05) is 6.61 Å². The summed E-state index contributed by atoms with van der Waals surface area (Å²) < 4.78 is 10.3. The van der Waals surface area contributed by atoms with Crippen LogP contribution in [0.1, 0.15) is 31.2 Å². The van der Waals surface area contributed by atoms with E-state index in [2.05, 4.69) is 25.0 Å². The Kier molecular flexibility index (Phi) is 9.58. The third-order valence-corrected chi connectivity index (χ3v) is 6.43. The molecular formula is C22H30N2O8Si. The number of benzene rings is 1. The van der Waals surface area contributed by atoms with Gasteiger partial charge in [0.15, 0.2) is 0 Å². The van der Waals surface area contributed by atoms with Crippen molar-refractivity contribution in [2.24, 2.45) is 0 Å². The Morgan fingerprint density at radius 1 is 1.03 bits per heavy atom. The van der Waals surface area contributed by atoms with Crippen molar-refractivity contribution in [3.05, 3.63) is 35.9 Å². The second-order valence-electron chi connectivity index (χ2n) is 8.82. The van der Waals surface area contributed by atoms with E-state index in [1.54, 1.807) is 12.1 Å². The maximum atomic E-state index is 12.6. The molecule has 0 spiro atoms. The van der Waals surface area contributed by atoms with Crippen LogP contribution in [-0.2, 0) is 40.1 Å². The Bertz CT molecular complexity index is 853. The van der Waals surface area contributed by atoms with Gasteiger partial charge in [-0.1, -0.05) is 50.0 Å². The second kappa shape index (κ2) is 12.1. The highest BCUT2D eigenvalue weighted by Gasteiger charge is 2.35. The molecule has 1 fully saturated rings. The van der Waals surface area contributed by atoms with Gasteiger partial charge < -0.3 is 19.6 Å². The predicted molar refractivity (Wildman–Crippen MR) is 119 cm³/mol. The minimum absolute atomic E-state index is 0.0608. The normalized spacial score (nSPS) is 14.6. The van der Waals surface area contributed by atoms with E-state index in [0.29, 0.717) is 5.06 Å². The van der Waals surface area contributed by atoms with Crippen LogP contribution in [0.2, 0.25) is 25.7 Å². The van der Waals surface area contributed by atoms with Crippen LogP contribution in [0.3, 0.4) is 0 Å². The zero-order valence-electron chi connectivity index (χ0n) is 19.1. The van der Waals surface area contributed by atoms with Crippen molar-refractivity contribution in [3.8, 4) is 0 Å². The van der Waals surface area contributed by atoms with Gasteiger partial charge in [0.25, 0.3) is 11.8 Å². The standard InChI is InChI=1S/C22H30N2O8Si/c1-33(2,3)14-13-30-22(29)23-17(21(28)32-24-18(25)10-11-19(24)26)9-12-20(27)31-15-16-7-5-4-6-8-16/h4-8,17H,9-15H2,1-3H3,(H,23,29)/t17-/m0/s1. The highest BCUT2D eigenvalue weighted by Crippen LogP contribution is 2.14. The second-order valence-corrected chi connectivity index (χ2v) is 14.4. The van der Waals surface area contributed by atoms with Gasteiger partial charge >= 0.3 is 18.0 Å². The molecule has 1 aromatic carbocycles. The molecule has 180 valence electrons. The number of hydrogen-bond acceptors (Lipinski definition) is 8. The molecule has 0 bridgehead atoms. The van der Waals surface area contributed by atoms with E-state index < -0.39 is 44.0 Å². The van der Waals surface area contributed by atoms with Crippen molar-refractivity contribution < 1.29 is 38.3 Å². The Labute approximate surface area is 193 Å². The smallest absolute Gasteiger partial charge is 0.407 e. The van der Waals surface area contributed by atoms with E-state index in [0.717, 1.165) is 11.6 Å². The molecule has 33 heavy (non-hydrogen) atoms. The summed E-state index contributed by atoms with van der Waals surface area (Å²) in [6, 6.07) is 8.49. The highest BCUT2D eigenvalue weighted by atomic mass is 28.3. The van der Waals surface area contributed by atoms with Gasteiger partial charge in [-0.2, -0.15) is 0 Å². The number of nitrogens with one attached hydrogen (secondary N) is 1. The number of imide groups is 1. The number of amides is 3. The van der Waals surface area contributed by atoms with Gasteiger partial charge in [0.2, 0.25) is 0 Å². The minimum Gasteiger partial charge on any atom is -0.461 e. The lowest BCUT2D eigenvalue weighted by Crippen LogP contribution is -2.46. The van der Waals surface area contributed by atoms with Crippen LogP contribution in [0, 0.1) is 0 Å². The fourth-order valence-electron chi connectivity index (χ4n) is 2.77. The van der Waals surface area contributed by atoms with Gasteiger partial charge in [0.05, 0.1) is 6.61 Å². The lowest BCUT2D eigenvalue weighted by Gasteiger charge is -2.20. The van der Waals surface area contributed by atoms with Crippen LogP contribution in [0.25, 0.3) is 0 Å². The quantitative estimate of drug-likeness (QED) is 0.292. The zero-order chi connectivity index (χ0) is 24.4. The summed E-state index contributed by atoms with van der Waals surface area (Å²) in [6.07, 6.45) is -1.34. The van der Waals surface area contributed by atoms with E-state index in [1.165, 1.54) is 0 Å². The van der Waals surface area contributed by atoms with Crippen molar-refractivity contribution >= 4 is 37.9 Å². The molecule has 0 aromatic heterocycles.